The molecule has 2 heterocycles. The lowest BCUT2D eigenvalue weighted by atomic mass is 9.95. The van der Waals surface area contributed by atoms with E-state index < -0.39 is 12.0 Å². The van der Waals surface area contributed by atoms with Gasteiger partial charge >= 0.3 is 5.97 Å². The normalized spacial score (nSPS) is 15.0. The number of carbonyl (C=O) groups excluding carboxylic acids is 1. The highest BCUT2D eigenvalue weighted by molar-refractivity contribution is 14.1. The first-order valence-corrected chi connectivity index (χ1v) is 15.8. The molecule has 41 heavy (non-hydrogen) atoms. The highest BCUT2D eigenvalue weighted by Gasteiger charge is 2.33. The molecule has 0 fully saturated rings. The van der Waals surface area contributed by atoms with Gasteiger partial charge in [-0.2, -0.15) is 0 Å². The maximum Gasteiger partial charge on any atom is 0.338 e. The van der Waals surface area contributed by atoms with E-state index in [-0.39, 0.29) is 12.2 Å². The van der Waals surface area contributed by atoms with Crippen LogP contribution in [-0.4, -0.2) is 17.1 Å². The Balaban J connectivity index is 1.55. The molecule has 0 N–H and O–H groups in total. The molecule has 9 heteroatoms. The third kappa shape index (κ3) is 6.27. The van der Waals surface area contributed by atoms with Crippen LogP contribution in [0.1, 0.15) is 47.7 Å². The van der Waals surface area contributed by atoms with E-state index >= 15 is 0 Å². The molecule has 1 aliphatic rings. The van der Waals surface area contributed by atoms with Crippen molar-refractivity contribution in [1.29, 1.82) is 0 Å². The highest BCUT2D eigenvalue weighted by atomic mass is 127. The van der Waals surface area contributed by atoms with Gasteiger partial charge in [-0.05, 0) is 101 Å². The topological polar surface area (TPSA) is 69.9 Å². The Morgan fingerprint density at radius 3 is 2.54 bits per heavy atom. The van der Waals surface area contributed by atoms with Crippen LogP contribution in [0.5, 0.6) is 5.75 Å². The van der Waals surface area contributed by atoms with Crippen LogP contribution in [0.3, 0.4) is 0 Å². The summed E-state index contributed by atoms with van der Waals surface area (Å²) >= 11 is 7.22. The number of thiazole rings is 1. The van der Waals surface area contributed by atoms with Crippen LogP contribution < -0.4 is 19.6 Å². The number of fused-ring (bicyclic) bond motifs is 1. The molecule has 5 rings (SSSR count). The fraction of sp³-hybridized carbons (Fsp3) is 0.219. The van der Waals surface area contributed by atoms with Gasteiger partial charge in [0.15, 0.2) is 4.80 Å². The quantitative estimate of drug-likeness (QED) is 0.163. The Kier molecular flexibility index (Phi) is 8.96. The predicted octanol–water partition coefficient (Wildman–Crippen LogP) is 6.36. The molecule has 0 amide bonds. The van der Waals surface area contributed by atoms with E-state index in [1.807, 2.05) is 61.5 Å². The molecule has 0 radical (unpaired) electrons. The van der Waals surface area contributed by atoms with Gasteiger partial charge in [-0.15, -0.1) is 0 Å². The van der Waals surface area contributed by atoms with Gasteiger partial charge in [0.05, 0.1) is 36.5 Å². The maximum absolute atomic E-state index is 13.9. The van der Waals surface area contributed by atoms with Crippen LogP contribution in [-0.2, 0) is 16.1 Å². The van der Waals surface area contributed by atoms with Crippen LogP contribution in [0.25, 0.3) is 6.08 Å². The lowest BCUT2D eigenvalue weighted by Gasteiger charge is -2.24. The van der Waals surface area contributed by atoms with E-state index in [0.29, 0.717) is 27.2 Å². The van der Waals surface area contributed by atoms with Gasteiger partial charge in [-0.1, -0.05) is 71.0 Å². The van der Waals surface area contributed by atoms with Crippen LogP contribution >= 0.6 is 49.9 Å². The molecule has 1 aromatic heterocycles. The summed E-state index contributed by atoms with van der Waals surface area (Å²) in [5.74, 6) is 0.285. The number of benzene rings is 3. The van der Waals surface area contributed by atoms with Gasteiger partial charge in [-0.25, -0.2) is 9.79 Å². The Morgan fingerprint density at radius 2 is 1.85 bits per heavy atom. The number of esters is 1. The van der Waals surface area contributed by atoms with Crippen molar-refractivity contribution >= 4 is 61.9 Å². The number of aromatic nitrogens is 1. The average molecular weight is 743 g/mol. The van der Waals surface area contributed by atoms with Crippen molar-refractivity contribution in [2.45, 2.75) is 40.3 Å². The molecular weight excluding hydrogens is 715 g/mol. The smallest absolute Gasteiger partial charge is 0.338 e. The number of allylic oxidation sites excluding steroid dienone is 1. The third-order valence-corrected chi connectivity index (χ3v) is 9.07. The summed E-state index contributed by atoms with van der Waals surface area (Å²) < 4.78 is 15.4. The van der Waals surface area contributed by atoms with Crippen molar-refractivity contribution in [1.82, 2.24) is 4.57 Å². The van der Waals surface area contributed by atoms with Crippen molar-refractivity contribution in [2.75, 3.05) is 6.61 Å². The molecule has 0 saturated heterocycles. The molecule has 0 bridgehead atoms. The van der Waals surface area contributed by atoms with E-state index in [1.165, 1.54) is 16.9 Å². The minimum Gasteiger partial charge on any atom is -0.487 e. The lowest BCUT2D eigenvalue weighted by Crippen LogP contribution is -2.39. The number of ether oxygens (including phenoxy) is 2. The van der Waals surface area contributed by atoms with E-state index in [2.05, 4.69) is 62.6 Å². The second kappa shape index (κ2) is 12.5. The van der Waals surface area contributed by atoms with Gasteiger partial charge < -0.3 is 9.47 Å². The van der Waals surface area contributed by atoms with Gasteiger partial charge in [0, 0.05) is 0 Å². The standard InChI is InChI=1S/C32H28BrIN2O4S/c1-5-39-31(38)27-20(4)35-32-36(28(27)23-11-9-18(2)10-12-23)30(37)26(41-32)16-22-14-24(33)29(25(34)15-22)40-17-21-8-6-7-19(3)13-21/h6-16,28H,5,17H2,1-4H3/b26-16+/t28-/m1/s1. The molecule has 4 aromatic rings. The molecular formula is C32H28BrIN2O4S. The highest BCUT2D eigenvalue weighted by Crippen LogP contribution is 2.33. The zero-order valence-corrected chi connectivity index (χ0v) is 27.6. The number of hydrogen-bond acceptors (Lipinski definition) is 6. The first-order chi connectivity index (χ1) is 19.7. The molecule has 1 atom stereocenters. The Morgan fingerprint density at radius 1 is 1.10 bits per heavy atom. The molecule has 6 nitrogen and oxygen atoms in total. The minimum absolute atomic E-state index is 0.209. The largest absolute Gasteiger partial charge is 0.487 e. The van der Waals surface area contributed by atoms with E-state index in [9.17, 15) is 9.59 Å². The molecule has 0 saturated carbocycles. The first-order valence-electron chi connectivity index (χ1n) is 13.1. The third-order valence-electron chi connectivity index (χ3n) is 6.69. The Bertz CT molecular complexity index is 1830. The number of halogens is 2. The summed E-state index contributed by atoms with van der Waals surface area (Å²) in [7, 11) is 0. The van der Waals surface area contributed by atoms with Gasteiger partial charge in [0.1, 0.15) is 12.4 Å². The zero-order valence-electron chi connectivity index (χ0n) is 23.0. The number of carbonyl (C=O) groups is 1. The van der Waals surface area contributed by atoms with Gasteiger partial charge in [0.25, 0.3) is 5.56 Å². The van der Waals surface area contributed by atoms with Crippen LogP contribution in [0, 0.1) is 17.4 Å². The number of rotatable bonds is 7. The SMILES string of the molecule is CCOC(=O)C1=C(C)N=c2s/c(=C/c3cc(Br)c(OCc4cccc(C)c4)c(I)c3)c(=O)n2[C@@H]1c1ccc(C)cc1. The van der Waals surface area contributed by atoms with Gasteiger partial charge in [-0.3, -0.25) is 9.36 Å². The average Bonchev–Trinajstić information content (AvgIpc) is 3.22. The predicted molar refractivity (Wildman–Crippen MR) is 174 cm³/mol. The fourth-order valence-corrected chi connectivity index (χ4v) is 7.58. The van der Waals surface area contributed by atoms with Gasteiger partial charge in [0.2, 0.25) is 0 Å². The fourth-order valence-electron chi connectivity index (χ4n) is 4.77. The van der Waals surface area contributed by atoms with Crippen molar-refractivity contribution in [3.05, 3.63) is 127 Å². The first kappa shape index (κ1) is 29.5. The minimum atomic E-state index is -0.627. The van der Waals surface area contributed by atoms with Crippen LogP contribution in [0.2, 0.25) is 0 Å². The molecule has 0 spiro atoms. The second-order valence-corrected chi connectivity index (χ2v) is 12.8. The molecule has 1 aliphatic heterocycles. The molecule has 0 unspecified atom stereocenters. The Hall–Kier alpha value is -3.02. The molecule has 210 valence electrons. The summed E-state index contributed by atoms with van der Waals surface area (Å²) in [6.07, 6.45) is 1.86. The van der Waals surface area contributed by atoms with E-state index in [0.717, 1.165) is 36.0 Å². The summed E-state index contributed by atoms with van der Waals surface area (Å²) in [5, 5.41) is 0. The summed E-state index contributed by atoms with van der Waals surface area (Å²) in [5.41, 5.74) is 5.77. The summed E-state index contributed by atoms with van der Waals surface area (Å²) in [4.78, 5) is 32.2. The number of nitrogens with zero attached hydrogens (tertiary/aromatic N) is 2. The number of aryl methyl sites for hydroxylation is 2. The van der Waals surface area contributed by atoms with Crippen molar-refractivity contribution < 1.29 is 14.3 Å². The lowest BCUT2D eigenvalue weighted by molar-refractivity contribution is -0.139. The second-order valence-electron chi connectivity index (χ2n) is 9.80. The van der Waals surface area contributed by atoms with Crippen LogP contribution in [0.4, 0.5) is 0 Å². The summed E-state index contributed by atoms with van der Waals surface area (Å²) in [6, 6.07) is 19.4. The Labute approximate surface area is 264 Å². The summed E-state index contributed by atoms with van der Waals surface area (Å²) in [6.45, 7) is 8.31. The molecule has 3 aromatic carbocycles. The number of hydrogen-bond donors (Lipinski definition) is 0. The van der Waals surface area contributed by atoms with Crippen molar-refractivity contribution in [3.63, 3.8) is 0 Å². The molecule has 0 aliphatic carbocycles. The monoisotopic (exact) mass is 742 g/mol. The van der Waals surface area contributed by atoms with E-state index in [4.69, 9.17) is 9.47 Å². The maximum atomic E-state index is 13.9. The zero-order chi connectivity index (χ0) is 29.3. The van der Waals surface area contributed by atoms with E-state index in [1.54, 1.807) is 18.4 Å². The van der Waals surface area contributed by atoms with Crippen LogP contribution in [0.15, 0.2) is 86.2 Å². The van der Waals surface area contributed by atoms with Crippen molar-refractivity contribution in [3.8, 4) is 5.75 Å². The van der Waals surface area contributed by atoms with Crippen molar-refractivity contribution in [2.24, 2.45) is 4.99 Å².